The van der Waals surface area contributed by atoms with Gasteiger partial charge in [0, 0.05) is 12.8 Å². The number of ketones is 1. The van der Waals surface area contributed by atoms with Crippen LogP contribution < -0.4 is 16.0 Å². The van der Waals surface area contributed by atoms with Gasteiger partial charge < -0.3 is 25.4 Å². The molecule has 0 radical (unpaired) electrons. The van der Waals surface area contributed by atoms with E-state index in [9.17, 15) is 19.2 Å². The van der Waals surface area contributed by atoms with E-state index in [0.29, 0.717) is 0 Å². The third-order valence-electron chi connectivity index (χ3n) is 8.03. The molecule has 3 amide bonds. The number of ether oxygens (including phenoxy) is 2. The summed E-state index contributed by atoms with van der Waals surface area (Å²) in [6.45, 7) is 2.02. The minimum Gasteiger partial charge on any atom is -0.445 e. The van der Waals surface area contributed by atoms with Gasteiger partial charge in [-0.1, -0.05) is 121 Å². The molecule has 0 aromatic heterocycles. The van der Waals surface area contributed by atoms with Crippen molar-refractivity contribution in [2.75, 3.05) is 6.61 Å². The Balaban J connectivity index is 1.34. The van der Waals surface area contributed by atoms with Crippen LogP contribution in [0.3, 0.4) is 0 Å². The fourth-order valence-corrected chi connectivity index (χ4v) is 5.25. The molecule has 4 aromatic rings. The lowest BCUT2D eigenvalue weighted by Crippen LogP contribution is -2.58. The van der Waals surface area contributed by atoms with E-state index in [1.807, 2.05) is 121 Å². The monoisotopic (exact) mass is 633 g/mol. The van der Waals surface area contributed by atoms with E-state index >= 15 is 0 Å². The number of hydrogen-bond acceptors (Lipinski definition) is 6. The molecule has 1 unspecified atom stereocenters. The number of hydrogen-bond donors (Lipinski definition) is 3. The Hall–Kier alpha value is -5.28. The molecule has 1 aliphatic rings. The van der Waals surface area contributed by atoms with Gasteiger partial charge in [-0.3, -0.25) is 14.4 Å². The normalized spacial score (nSPS) is 17.0. The number of Topliss-reactive ketones (excluding diaryl/α,β-unsaturated/α-hetero) is 1. The first-order chi connectivity index (χ1) is 22.8. The summed E-state index contributed by atoms with van der Waals surface area (Å²) in [6, 6.07) is 34.2. The first kappa shape index (κ1) is 33.1. The lowest BCUT2D eigenvalue weighted by atomic mass is 9.94. The molecule has 4 atom stereocenters. The van der Waals surface area contributed by atoms with E-state index in [-0.39, 0.29) is 38.3 Å². The van der Waals surface area contributed by atoms with E-state index in [1.54, 1.807) is 6.92 Å². The van der Waals surface area contributed by atoms with Crippen molar-refractivity contribution >= 4 is 23.7 Å². The van der Waals surface area contributed by atoms with E-state index in [4.69, 9.17) is 9.47 Å². The van der Waals surface area contributed by atoms with Crippen molar-refractivity contribution in [2.45, 2.75) is 56.5 Å². The smallest absolute Gasteiger partial charge is 0.408 e. The van der Waals surface area contributed by atoms with Crippen molar-refractivity contribution in [1.82, 2.24) is 16.0 Å². The van der Waals surface area contributed by atoms with Gasteiger partial charge in [0.1, 0.15) is 24.3 Å². The number of epoxide rings is 1. The van der Waals surface area contributed by atoms with Crippen LogP contribution in [0.25, 0.3) is 0 Å². The summed E-state index contributed by atoms with van der Waals surface area (Å²) < 4.78 is 10.8. The second-order valence-corrected chi connectivity index (χ2v) is 11.8. The Morgan fingerprint density at radius 2 is 0.957 bits per heavy atom. The summed E-state index contributed by atoms with van der Waals surface area (Å²) in [7, 11) is 0. The summed E-state index contributed by atoms with van der Waals surface area (Å²) in [4.78, 5) is 54.2. The number of nitrogens with one attached hydrogen (secondary N) is 3. The Labute approximate surface area is 274 Å². The number of alkyl carbamates (subject to hydrolysis) is 1. The third kappa shape index (κ3) is 9.85. The van der Waals surface area contributed by atoms with Crippen LogP contribution in [0.1, 0.15) is 29.2 Å². The Morgan fingerprint density at radius 3 is 1.38 bits per heavy atom. The van der Waals surface area contributed by atoms with E-state index in [1.165, 1.54) is 0 Å². The molecule has 1 fully saturated rings. The molecule has 0 aliphatic carbocycles. The van der Waals surface area contributed by atoms with Crippen molar-refractivity contribution in [2.24, 2.45) is 0 Å². The van der Waals surface area contributed by atoms with Crippen molar-refractivity contribution in [1.29, 1.82) is 0 Å². The highest BCUT2D eigenvalue weighted by molar-refractivity contribution is 5.98. The van der Waals surface area contributed by atoms with Gasteiger partial charge in [0.05, 0.1) is 12.6 Å². The molecular formula is C38H39N3O6. The fraction of sp³-hybridized carbons (Fsp3) is 0.263. The molecule has 0 bridgehead atoms. The quantitative estimate of drug-likeness (QED) is 0.167. The highest BCUT2D eigenvalue weighted by atomic mass is 16.6. The van der Waals surface area contributed by atoms with Crippen LogP contribution in [-0.4, -0.2) is 54.0 Å². The zero-order valence-electron chi connectivity index (χ0n) is 26.3. The van der Waals surface area contributed by atoms with Crippen LogP contribution in [0.15, 0.2) is 121 Å². The van der Waals surface area contributed by atoms with Gasteiger partial charge in [-0.05, 0) is 35.6 Å². The third-order valence-corrected chi connectivity index (χ3v) is 8.03. The molecule has 1 aliphatic heterocycles. The predicted octanol–water partition coefficient (Wildman–Crippen LogP) is 4.34. The molecule has 3 N–H and O–H groups in total. The number of amides is 3. The van der Waals surface area contributed by atoms with Gasteiger partial charge in [-0.2, -0.15) is 0 Å². The van der Waals surface area contributed by atoms with E-state index in [0.717, 1.165) is 22.3 Å². The van der Waals surface area contributed by atoms with Gasteiger partial charge in [0.15, 0.2) is 5.78 Å². The van der Waals surface area contributed by atoms with Crippen LogP contribution in [-0.2, 0) is 49.7 Å². The molecular weight excluding hydrogens is 594 g/mol. The summed E-state index contributed by atoms with van der Waals surface area (Å²) in [6.07, 6.45) is -0.172. The van der Waals surface area contributed by atoms with Crippen molar-refractivity contribution in [3.05, 3.63) is 144 Å². The second-order valence-electron chi connectivity index (χ2n) is 11.8. The first-order valence-electron chi connectivity index (χ1n) is 15.7. The highest BCUT2D eigenvalue weighted by Gasteiger charge is 2.50. The van der Waals surface area contributed by atoms with Crippen LogP contribution in [0.5, 0.6) is 0 Å². The van der Waals surface area contributed by atoms with Crippen LogP contribution in [0.4, 0.5) is 4.79 Å². The molecule has 1 saturated heterocycles. The van der Waals surface area contributed by atoms with E-state index in [2.05, 4.69) is 16.0 Å². The van der Waals surface area contributed by atoms with Gasteiger partial charge >= 0.3 is 6.09 Å². The lowest BCUT2D eigenvalue weighted by Gasteiger charge is -2.26. The van der Waals surface area contributed by atoms with Crippen LogP contribution in [0.2, 0.25) is 0 Å². The number of benzene rings is 4. The number of rotatable bonds is 15. The Morgan fingerprint density at radius 1 is 0.596 bits per heavy atom. The number of carbonyl (C=O) groups excluding carboxylic acids is 4. The fourth-order valence-electron chi connectivity index (χ4n) is 5.25. The summed E-state index contributed by atoms with van der Waals surface area (Å²) in [5, 5.41) is 8.46. The minimum absolute atomic E-state index is 0.0326. The average Bonchev–Trinajstić information content (AvgIpc) is 3.86. The lowest BCUT2D eigenvalue weighted by molar-refractivity contribution is -0.133. The maximum atomic E-state index is 14.0. The number of carbonyl (C=O) groups is 4. The molecule has 5 rings (SSSR count). The first-order valence-corrected chi connectivity index (χ1v) is 15.7. The topological polar surface area (TPSA) is 126 Å². The predicted molar refractivity (Wildman–Crippen MR) is 177 cm³/mol. The molecule has 0 spiro atoms. The zero-order valence-corrected chi connectivity index (χ0v) is 26.3. The maximum absolute atomic E-state index is 14.0. The van der Waals surface area contributed by atoms with Crippen molar-refractivity contribution < 1.29 is 28.7 Å². The van der Waals surface area contributed by atoms with Crippen molar-refractivity contribution in [3.8, 4) is 0 Å². The van der Waals surface area contributed by atoms with Crippen molar-refractivity contribution in [3.63, 3.8) is 0 Å². The molecule has 4 aromatic carbocycles. The molecule has 1 heterocycles. The summed E-state index contributed by atoms with van der Waals surface area (Å²) >= 11 is 0. The summed E-state index contributed by atoms with van der Waals surface area (Å²) in [5.74, 6) is -1.32. The highest BCUT2D eigenvalue weighted by Crippen LogP contribution is 2.29. The second kappa shape index (κ2) is 15.8. The van der Waals surface area contributed by atoms with Gasteiger partial charge in [0.2, 0.25) is 11.8 Å². The maximum Gasteiger partial charge on any atom is 0.408 e. The van der Waals surface area contributed by atoms with Gasteiger partial charge in [0.25, 0.3) is 0 Å². The SMILES string of the molecule is C[C@]1(C(=O)[C@H](Cc2ccccc2)NC(=O)C(Cc2ccccc2)NC(=O)[C@@H](Cc2ccccc2)NC(=O)OCc2ccccc2)CO1. The molecule has 9 nitrogen and oxygen atoms in total. The summed E-state index contributed by atoms with van der Waals surface area (Å²) in [5.41, 5.74) is 2.34. The molecule has 242 valence electrons. The van der Waals surface area contributed by atoms with Crippen LogP contribution >= 0.6 is 0 Å². The van der Waals surface area contributed by atoms with Gasteiger partial charge in [-0.15, -0.1) is 0 Å². The largest absolute Gasteiger partial charge is 0.445 e. The Kier molecular flexibility index (Phi) is 11.1. The molecule has 0 saturated carbocycles. The average molecular weight is 634 g/mol. The molecule has 9 heteroatoms. The van der Waals surface area contributed by atoms with Crippen LogP contribution in [0, 0.1) is 0 Å². The van der Waals surface area contributed by atoms with Gasteiger partial charge in [-0.25, -0.2) is 4.79 Å². The zero-order chi connectivity index (χ0) is 33.1. The van der Waals surface area contributed by atoms with E-state index < -0.39 is 41.6 Å². The Bertz CT molecular complexity index is 1630. The minimum atomic E-state index is -1.05. The standard InChI is InChI=1S/C38H39N3O6/c1-38(26-47-38)34(42)31(22-27-14-6-2-7-15-27)39-35(43)32(23-28-16-8-3-9-17-28)40-36(44)33(24-29-18-10-4-11-19-29)41-37(45)46-25-30-20-12-5-13-21-30/h2-21,31-33H,22-26H2,1H3,(H,39,43)(H,40,44)(H,41,45)/t31-,32?,33+,38+/m0/s1. The molecule has 47 heavy (non-hydrogen) atoms.